The number of fused-ring (bicyclic) bond motifs is 7. The number of benzene rings is 8. The van der Waals surface area contributed by atoms with E-state index < -0.39 is 0 Å². The molecule has 0 saturated carbocycles. The number of hydrogen-bond acceptors (Lipinski definition) is 5. The Morgan fingerprint density at radius 1 is 0.560 bits per heavy atom. The van der Waals surface area contributed by atoms with E-state index in [1.807, 2.05) is 12.3 Å². The number of anilines is 4. The van der Waals surface area contributed by atoms with E-state index in [2.05, 4.69) is 249 Å². The molecular weight excluding hydrogens is 1100 g/mol. The van der Waals surface area contributed by atoms with Crippen LogP contribution in [0.3, 0.4) is 0 Å². The standard InChI is InChI=1S/C67H57N6O.Pt/c1-66(2,3)47-27-29-49(30-28-47)71-43-72(61-41-57-60(42-62(61)71)70-35-16-15-26-63(70)69-57)50-36-46(65-53(44-18-9-7-10-19-44)23-17-24-54(65)45-20-11-8-12-21-45)37-52(39-50)74-51-31-32-56-55-22-13-14-25-58(55)73(59(56)40-51)64-38-48(33-34-68-64)67(4,5)6;/h7-14,17-25,27-34,36-38,41-43H,15-16,26,35H2,1-6H3;/q-3;. The molecule has 0 bridgehead atoms. The molecule has 0 N–H and O–H groups in total. The number of ether oxygens (including phenoxy) is 1. The molecule has 13 rings (SSSR count). The second kappa shape index (κ2) is 18.9. The van der Waals surface area contributed by atoms with E-state index in [1.165, 1.54) is 16.6 Å². The summed E-state index contributed by atoms with van der Waals surface area (Å²) in [7, 11) is 0. The Hall–Kier alpha value is -7.73. The summed E-state index contributed by atoms with van der Waals surface area (Å²) < 4.78 is 11.8. The SMILES string of the molecule is CC(C)(C)c1ccc(N2[CH-]N(c3[c-]c(Oc4[c-]c5c(cc4)c4ccccc4n5-c4cc(C(C)(C)C)ccn4)cc(-c4c(-c5ccccc5)cccc4-c4ccccc4)c3)c3cc4nc5n(c4cc32)CCCC5)cc1.[Pt]. The van der Waals surface area contributed by atoms with Crippen LogP contribution >= 0.6 is 0 Å². The minimum atomic E-state index is -0.0578. The van der Waals surface area contributed by atoms with Gasteiger partial charge in [0.2, 0.25) is 0 Å². The van der Waals surface area contributed by atoms with Gasteiger partial charge in [-0.15, -0.1) is 53.6 Å². The molecule has 8 heteroatoms. The Labute approximate surface area is 454 Å². The molecule has 0 atom stereocenters. The summed E-state index contributed by atoms with van der Waals surface area (Å²) in [5, 5.41) is 2.20. The van der Waals surface area contributed by atoms with Gasteiger partial charge in [-0.3, -0.25) is 0 Å². The monoisotopic (exact) mass is 1160 g/mol. The number of nitrogens with zero attached hydrogens (tertiary/aromatic N) is 6. The van der Waals surface area contributed by atoms with Crippen molar-refractivity contribution in [2.45, 2.75) is 78.2 Å². The summed E-state index contributed by atoms with van der Waals surface area (Å²) >= 11 is 0. The fourth-order valence-electron chi connectivity index (χ4n) is 11.1. The number of aryl methyl sites for hydroxylation is 2. The van der Waals surface area contributed by atoms with Gasteiger partial charge in [-0.05, 0) is 110 Å². The smallest absolute Gasteiger partial charge is 0.135 e. The minimum Gasteiger partial charge on any atom is -0.509 e. The summed E-state index contributed by atoms with van der Waals surface area (Å²) in [5.74, 6) is 3.13. The number of para-hydroxylation sites is 1. The van der Waals surface area contributed by atoms with Crippen LogP contribution in [-0.4, -0.2) is 19.1 Å². The molecular formula is C67H57N6OPt-3. The molecule has 75 heavy (non-hydrogen) atoms. The van der Waals surface area contributed by atoms with E-state index in [1.54, 1.807) is 0 Å². The zero-order chi connectivity index (χ0) is 50.3. The molecule has 2 aliphatic rings. The van der Waals surface area contributed by atoms with Crippen LogP contribution in [0.4, 0.5) is 22.7 Å². The maximum atomic E-state index is 7.16. The van der Waals surface area contributed by atoms with E-state index in [0.29, 0.717) is 11.5 Å². The maximum Gasteiger partial charge on any atom is 0.135 e. The Balaban J connectivity index is 0.00000569. The molecule has 0 radical (unpaired) electrons. The Bertz CT molecular complexity index is 3880. The molecule has 0 saturated heterocycles. The third-order valence-electron chi connectivity index (χ3n) is 14.9. The van der Waals surface area contributed by atoms with Gasteiger partial charge in [0.15, 0.2) is 0 Å². The summed E-state index contributed by atoms with van der Waals surface area (Å²) in [6.45, 7) is 16.7. The van der Waals surface area contributed by atoms with Crippen LogP contribution < -0.4 is 14.5 Å². The summed E-state index contributed by atoms with van der Waals surface area (Å²) in [5.41, 5.74) is 17.2. The Kier molecular flexibility index (Phi) is 12.1. The maximum absolute atomic E-state index is 7.16. The Morgan fingerprint density at radius 3 is 1.97 bits per heavy atom. The van der Waals surface area contributed by atoms with Crippen molar-refractivity contribution in [2.24, 2.45) is 0 Å². The minimum absolute atomic E-state index is 0. The van der Waals surface area contributed by atoms with Crippen LogP contribution in [0.2, 0.25) is 0 Å². The molecule has 0 spiro atoms. The van der Waals surface area contributed by atoms with E-state index in [-0.39, 0.29) is 31.9 Å². The molecule has 5 heterocycles. The molecule has 0 unspecified atom stereocenters. The van der Waals surface area contributed by atoms with Crippen molar-refractivity contribution < 1.29 is 25.8 Å². The number of rotatable bonds is 8. The molecule has 0 fully saturated rings. The third kappa shape index (κ3) is 8.71. The number of aromatic nitrogens is 4. The van der Waals surface area contributed by atoms with Gasteiger partial charge < -0.3 is 23.7 Å². The first-order chi connectivity index (χ1) is 35.9. The average molecular weight is 1160 g/mol. The third-order valence-corrected chi connectivity index (χ3v) is 14.9. The van der Waals surface area contributed by atoms with Gasteiger partial charge in [-0.2, -0.15) is 6.07 Å². The van der Waals surface area contributed by atoms with Crippen molar-refractivity contribution in [3.63, 3.8) is 0 Å². The van der Waals surface area contributed by atoms with Gasteiger partial charge in [-0.1, -0.05) is 156 Å². The van der Waals surface area contributed by atoms with Gasteiger partial charge in [0, 0.05) is 74.3 Å². The van der Waals surface area contributed by atoms with Crippen LogP contribution in [0.15, 0.2) is 182 Å². The van der Waals surface area contributed by atoms with E-state index in [9.17, 15) is 0 Å². The molecule has 0 amide bonds. The first-order valence-corrected chi connectivity index (χ1v) is 25.9. The quantitative estimate of drug-likeness (QED) is 0.142. The van der Waals surface area contributed by atoms with Crippen LogP contribution in [-0.2, 0) is 44.9 Å². The average Bonchev–Trinajstić information content (AvgIpc) is 4.09. The van der Waals surface area contributed by atoms with Crippen molar-refractivity contribution in [1.82, 2.24) is 19.1 Å². The first kappa shape index (κ1) is 48.2. The molecule has 3 aromatic heterocycles. The van der Waals surface area contributed by atoms with Crippen molar-refractivity contribution in [3.05, 3.63) is 218 Å². The zero-order valence-electron chi connectivity index (χ0n) is 43.1. The van der Waals surface area contributed by atoms with E-state index in [0.717, 1.165) is 121 Å². The summed E-state index contributed by atoms with van der Waals surface area (Å²) in [6, 6.07) is 70.6. The number of imidazole rings is 1. The van der Waals surface area contributed by atoms with Crippen LogP contribution in [0.1, 0.15) is 71.3 Å². The van der Waals surface area contributed by atoms with Gasteiger partial charge in [0.05, 0.1) is 11.0 Å². The largest absolute Gasteiger partial charge is 0.509 e. The van der Waals surface area contributed by atoms with Crippen molar-refractivity contribution >= 4 is 55.6 Å². The molecule has 11 aromatic rings. The normalized spacial score (nSPS) is 13.6. The number of hydrogen-bond donors (Lipinski definition) is 0. The number of pyridine rings is 1. The second-order valence-electron chi connectivity index (χ2n) is 21.9. The molecule has 0 aliphatic carbocycles. The van der Waals surface area contributed by atoms with Crippen molar-refractivity contribution in [3.8, 4) is 50.7 Å². The summed E-state index contributed by atoms with van der Waals surface area (Å²) in [6.07, 6.45) is 5.21. The van der Waals surface area contributed by atoms with E-state index >= 15 is 0 Å². The van der Waals surface area contributed by atoms with Gasteiger partial charge >= 0.3 is 0 Å². The molecule has 2 aliphatic heterocycles. The van der Waals surface area contributed by atoms with Crippen LogP contribution in [0.25, 0.3) is 72.0 Å². The second-order valence-corrected chi connectivity index (χ2v) is 21.9. The van der Waals surface area contributed by atoms with E-state index in [4.69, 9.17) is 14.7 Å². The zero-order valence-corrected chi connectivity index (χ0v) is 45.4. The van der Waals surface area contributed by atoms with Crippen LogP contribution in [0, 0.1) is 18.8 Å². The fraction of sp³-hybridized carbons (Fsp3) is 0.179. The van der Waals surface area contributed by atoms with Crippen molar-refractivity contribution in [1.29, 1.82) is 0 Å². The molecule has 374 valence electrons. The predicted octanol–water partition coefficient (Wildman–Crippen LogP) is 17.3. The van der Waals surface area contributed by atoms with Gasteiger partial charge in [0.1, 0.15) is 11.6 Å². The fourth-order valence-corrected chi connectivity index (χ4v) is 11.1. The van der Waals surface area contributed by atoms with Gasteiger partial charge in [-0.25, -0.2) is 9.97 Å². The molecule has 7 nitrogen and oxygen atoms in total. The predicted molar refractivity (Wildman–Crippen MR) is 304 cm³/mol. The van der Waals surface area contributed by atoms with Gasteiger partial charge in [0.25, 0.3) is 0 Å². The summed E-state index contributed by atoms with van der Waals surface area (Å²) in [4.78, 5) is 14.8. The van der Waals surface area contributed by atoms with Crippen LogP contribution in [0.5, 0.6) is 11.5 Å². The Morgan fingerprint density at radius 2 is 1.25 bits per heavy atom. The first-order valence-electron chi connectivity index (χ1n) is 25.9. The topological polar surface area (TPSA) is 51.4 Å². The van der Waals surface area contributed by atoms with Crippen molar-refractivity contribution in [2.75, 3.05) is 9.80 Å². The molecule has 8 aromatic carbocycles.